The fraction of sp³-hybridized carbons (Fsp3) is 0.0435. The topological polar surface area (TPSA) is 101 Å². The van der Waals surface area contributed by atoms with Crippen LogP contribution in [0.5, 0.6) is 0 Å². The Balaban J connectivity index is 2.00. The van der Waals surface area contributed by atoms with Crippen LogP contribution in [0.1, 0.15) is 17.2 Å². The van der Waals surface area contributed by atoms with Gasteiger partial charge in [-0.15, -0.1) is 0 Å². The standard InChI is InChI=1S/C23H14ClFN2O5/c24-14-7-5-13(6-8-14)21(28)19-20(17-3-1-2-4-18(17)27(31)32)26(23(30)22(19)29)16-11-9-15(25)10-12-16/h1-12,20,28H/t20-/m1/s1. The van der Waals surface area contributed by atoms with Crippen molar-refractivity contribution in [3.8, 4) is 0 Å². The van der Waals surface area contributed by atoms with Crippen LogP contribution in [0.2, 0.25) is 5.02 Å². The predicted molar refractivity (Wildman–Crippen MR) is 116 cm³/mol. The molecule has 0 bridgehead atoms. The first-order chi connectivity index (χ1) is 15.3. The third kappa shape index (κ3) is 3.61. The number of benzene rings is 3. The van der Waals surface area contributed by atoms with Crippen molar-refractivity contribution in [2.24, 2.45) is 0 Å². The van der Waals surface area contributed by atoms with Crippen LogP contribution in [0, 0.1) is 15.9 Å². The minimum atomic E-state index is -1.31. The molecule has 1 fully saturated rings. The van der Waals surface area contributed by atoms with Crippen molar-refractivity contribution >= 4 is 40.4 Å². The van der Waals surface area contributed by atoms with Crippen molar-refractivity contribution in [3.05, 3.63) is 110 Å². The molecule has 9 heteroatoms. The number of carbonyl (C=O) groups excluding carboxylic acids is 2. The lowest BCUT2D eigenvalue weighted by Crippen LogP contribution is -2.29. The first-order valence-corrected chi connectivity index (χ1v) is 9.73. The molecule has 160 valence electrons. The molecule has 1 heterocycles. The molecule has 1 N–H and O–H groups in total. The second-order valence-corrected chi connectivity index (χ2v) is 7.40. The molecule has 0 aliphatic carbocycles. The van der Waals surface area contributed by atoms with E-state index in [0.717, 1.165) is 17.0 Å². The lowest BCUT2D eigenvalue weighted by atomic mass is 9.94. The highest BCUT2D eigenvalue weighted by molar-refractivity contribution is 6.51. The number of rotatable bonds is 4. The fourth-order valence-electron chi connectivity index (χ4n) is 3.64. The van der Waals surface area contributed by atoms with Crippen LogP contribution in [0.4, 0.5) is 15.8 Å². The molecule has 0 unspecified atom stereocenters. The maximum absolute atomic E-state index is 13.5. The third-order valence-electron chi connectivity index (χ3n) is 5.09. The Morgan fingerprint density at radius 3 is 2.25 bits per heavy atom. The van der Waals surface area contributed by atoms with Crippen molar-refractivity contribution in [2.45, 2.75) is 6.04 Å². The van der Waals surface area contributed by atoms with Gasteiger partial charge in [-0.25, -0.2) is 4.39 Å². The molecule has 3 aromatic rings. The quantitative estimate of drug-likeness (QED) is 0.197. The number of hydrogen-bond donors (Lipinski definition) is 1. The highest BCUT2D eigenvalue weighted by atomic mass is 35.5. The Morgan fingerprint density at radius 1 is 1.00 bits per heavy atom. The number of hydrogen-bond acceptors (Lipinski definition) is 5. The zero-order valence-corrected chi connectivity index (χ0v) is 17.0. The molecular weight excluding hydrogens is 439 g/mol. The van der Waals surface area contributed by atoms with Gasteiger partial charge in [-0.3, -0.25) is 24.6 Å². The van der Waals surface area contributed by atoms with Crippen LogP contribution < -0.4 is 4.90 Å². The number of carbonyl (C=O) groups is 2. The summed E-state index contributed by atoms with van der Waals surface area (Å²) in [7, 11) is 0. The number of nitro groups is 1. The van der Waals surface area contributed by atoms with E-state index in [0.29, 0.717) is 5.02 Å². The zero-order chi connectivity index (χ0) is 23.0. The third-order valence-corrected chi connectivity index (χ3v) is 5.35. The van der Waals surface area contributed by atoms with Crippen molar-refractivity contribution in [1.82, 2.24) is 0 Å². The Kier molecular flexibility index (Phi) is 5.46. The normalized spacial score (nSPS) is 17.6. The number of nitro benzene ring substituents is 1. The van der Waals surface area contributed by atoms with Crippen molar-refractivity contribution in [3.63, 3.8) is 0 Å². The van der Waals surface area contributed by atoms with E-state index < -0.39 is 34.2 Å². The smallest absolute Gasteiger partial charge is 0.300 e. The highest BCUT2D eigenvalue weighted by Crippen LogP contribution is 2.44. The summed E-state index contributed by atoms with van der Waals surface area (Å²) in [5.74, 6) is -3.10. The predicted octanol–water partition coefficient (Wildman–Crippen LogP) is 5.01. The van der Waals surface area contributed by atoms with Gasteiger partial charge in [0.15, 0.2) is 0 Å². The summed E-state index contributed by atoms with van der Waals surface area (Å²) in [4.78, 5) is 38.1. The Labute approximate surface area is 186 Å². The van der Waals surface area contributed by atoms with E-state index in [-0.39, 0.29) is 28.1 Å². The maximum atomic E-state index is 13.5. The summed E-state index contributed by atoms with van der Waals surface area (Å²) in [6, 6.07) is 15.0. The molecular formula is C23H14ClFN2O5. The van der Waals surface area contributed by atoms with Crippen LogP contribution >= 0.6 is 11.6 Å². The van der Waals surface area contributed by atoms with E-state index >= 15 is 0 Å². The van der Waals surface area contributed by atoms with Crippen LogP contribution in [0.15, 0.2) is 78.4 Å². The van der Waals surface area contributed by atoms with Gasteiger partial charge >= 0.3 is 0 Å². The minimum Gasteiger partial charge on any atom is -0.507 e. The van der Waals surface area contributed by atoms with Crippen LogP contribution in [-0.2, 0) is 9.59 Å². The summed E-state index contributed by atoms with van der Waals surface area (Å²) >= 11 is 5.89. The monoisotopic (exact) mass is 452 g/mol. The Hall–Kier alpha value is -4.04. The minimum absolute atomic E-state index is 0.0246. The molecule has 4 rings (SSSR count). The molecule has 1 saturated heterocycles. The fourth-order valence-corrected chi connectivity index (χ4v) is 3.77. The number of anilines is 1. The van der Waals surface area contributed by atoms with Crippen LogP contribution in [0.25, 0.3) is 5.76 Å². The number of ketones is 1. The first kappa shape index (κ1) is 21.2. The molecule has 3 aromatic carbocycles. The molecule has 0 aromatic heterocycles. The molecule has 1 atom stereocenters. The number of Topliss-reactive ketones (excluding diaryl/α,β-unsaturated/α-hetero) is 1. The van der Waals surface area contributed by atoms with Gasteiger partial charge in [0, 0.05) is 22.3 Å². The second kappa shape index (κ2) is 8.24. The average molecular weight is 453 g/mol. The first-order valence-electron chi connectivity index (χ1n) is 9.35. The van der Waals surface area contributed by atoms with Gasteiger partial charge < -0.3 is 5.11 Å². The highest BCUT2D eigenvalue weighted by Gasteiger charge is 2.48. The molecule has 1 aliphatic heterocycles. The van der Waals surface area contributed by atoms with Crippen LogP contribution in [-0.4, -0.2) is 21.7 Å². The second-order valence-electron chi connectivity index (χ2n) is 6.97. The lowest BCUT2D eigenvalue weighted by molar-refractivity contribution is -0.385. The van der Waals surface area contributed by atoms with Crippen molar-refractivity contribution in [2.75, 3.05) is 4.90 Å². The van der Waals surface area contributed by atoms with E-state index in [9.17, 15) is 29.2 Å². The molecule has 1 amide bonds. The molecule has 0 radical (unpaired) electrons. The van der Waals surface area contributed by atoms with E-state index in [1.165, 1.54) is 60.7 Å². The van der Waals surface area contributed by atoms with Crippen LogP contribution in [0.3, 0.4) is 0 Å². The van der Waals surface area contributed by atoms with E-state index in [1.54, 1.807) is 0 Å². The summed E-state index contributed by atoms with van der Waals surface area (Å²) in [6.07, 6.45) is 0. The number of para-hydroxylation sites is 1. The van der Waals surface area contributed by atoms with Gasteiger partial charge in [0.25, 0.3) is 17.4 Å². The number of aliphatic hydroxyl groups is 1. The van der Waals surface area contributed by atoms with Crippen molar-refractivity contribution in [1.29, 1.82) is 0 Å². The van der Waals surface area contributed by atoms with Gasteiger partial charge in [-0.1, -0.05) is 23.7 Å². The number of aliphatic hydroxyl groups excluding tert-OH is 1. The number of nitrogens with zero attached hydrogens (tertiary/aromatic N) is 2. The average Bonchev–Trinajstić information content (AvgIpc) is 3.05. The summed E-state index contributed by atoms with van der Waals surface area (Å²) in [6.45, 7) is 0. The Morgan fingerprint density at radius 2 is 1.62 bits per heavy atom. The number of halogens is 2. The van der Waals surface area contributed by atoms with Gasteiger partial charge in [0.1, 0.15) is 17.6 Å². The number of amides is 1. The summed E-state index contributed by atoms with van der Waals surface area (Å²) in [5.41, 5.74) is -0.289. The Bertz CT molecular complexity index is 1270. The summed E-state index contributed by atoms with van der Waals surface area (Å²) < 4.78 is 13.5. The molecule has 7 nitrogen and oxygen atoms in total. The summed E-state index contributed by atoms with van der Waals surface area (Å²) in [5, 5.41) is 23.1. The lowest BCUT2D eigenvalue weighted by Gasteiger charge is -2.25. The molecule has 0 saturated carbocycles. The van der Waals surface area contributed by atoms with Crippen molar-refractivity contribution < 1.29 is 24.0 Å². The van der Waals surface area contributed by atoms with E-state index in [1.807, 2.05) is 0 Å². The van der Waals surface area contributed by atoms with Gasteiger partial charge in [0.05, 0.1) is 16.1 Å². The maximum Gasteiger partial charge on any atom is 0.300 e. The van der Waals surface area contributed by atoms with Gasteiger partial charge in [-0.2, -0.15) is 0 Å². The molecule has 32 heavy (non-hydrogen) atoms. The molecule has 1 aliphatic rings. The molecule has 0 spiro atoms. The SMILES string of the molecule is O=C1C(=O)N(c2ccc(F)cc2)[C@H](c2ccccc2[N+](=O)[O-])C1=C(O)c1ccc(Cl)cc1. The van der Waals surface area contributed by atoms with Gasteiger partial charge in [0.2, 0.25) is 0 Å². The largest absolute Gasteiger partial charge is 0.507 e. The van der Waals surface area contributed by atoms with E-state index in [2.05, 4.69) is 0 Å². The zero-order valence-electron chi connectivity index (χ0n) is 16.2. The van der Waals surface area contributed by atoms with E-state index in [4.69, 9.17) is 11.6 Å². The van der Waals surface area contributed by atoms with Gasteiger partial charge in [-0.05, 0) is 54.6 Å².